The van der Waals surface area contributed by atoms with Gasteiger partial charge in [-0.05, 0) is 87.4 Å². The van der Waals surface area contributed by atoms with E-state index < -0.39 is 0 Å². The van der Waals surface area contributed by atoms with Gasteiger partial charge in [0.15, 0.2) is 0 Å². The van der Waals surface area contributed by atoms with E-state index in [1.165, 1.54) is 11.1 Å². The van der Waals surface area contributed by atoms with Crippen molar-refractivity contribution in [2.24, 2.45) is 0 Å². The van der Waals surface area contributed by atoms with E-state index in [0.717, 1.165) is 82.4 Å². The Bertz CT molecular complexity index is 2430. The number of anilines is 4. The number of aryl methyl sites for hydroxylation is 2. The Morgan fingerprint density at radius 2 is 0.924 bits per heavy atom. The summed E-state index contributed by atoms with van der Waals surface area (Å²) < 4.78 is 11.0. The van der Waals surface area contributed by atoms with E-state index in [-0.39, 0.29) is 38.8 Å². The third-order valence-electron chi connectivity index (χ3n) is 12.2. The zero-order valence-corrected chi connectivity index (χ0v) is 39.0. The van der Waals surface area contributed by atoms with Crippen LogP contribution in [-0.4, -0.2) is 136 Å². The van der Waals surface area contributed by atoms with Gasteiger partial charge in [-0.25, -0.2) is 9.97 Å². The lowest BCUT2D eigenvalue weighted by molar-refractivity contribution is 0.0820. The molecule has 0 bridgehead atoms. The monoisotopic (exact) mass is 899 g/mol. The van der Waals surface area contributed by atoms with Gasteiger partial charge in [0.25, 0.3) is 11.8 Å². The number of ether oxygens (including phenoxy) is 2. The Morgan fingerprint density at radius 3 is 1.26 bits per heavy atom. The molecule has 0 aliphatic carbocycles. The number of hydrogen-bond acceptors (Lipinski definition) is 12. The van der Waals surface area contributed by atoms with E-state index in [2.05, 4.69) is 110 Å². The second-order valence-corrected chi connectivity index (χ2v) is 17.2. The van der Waals surface area contributed by atoms with Crippen molar-refractivity contribution >= 4 is 56.9 Å². The van der Waals surface area contributed by atoms with Crippen LogP contribution in [0.2, 0.25) is 0 Å². The minimum absolute atomic E-state index is 0. The van der Waals surface area contributed by atoms with Crippen LogP contribution in [0.25, 0.3) is 22.1 Å². The van der Waals surface area contributed by atoms with Crippen LogP contribution in [0.3, 0.4) is 0 Å². The van der Waals surface area contributed by atoms with Crippen LogP contribution in [0.5, 0.6) is 0 Å². The Labute approximate surface area is 392 Å². The first kappa shape index (κ1) is 50.6. The van der Waals surface area contributed by atoms with Crippen LogP contribution >= 0.6 is 0 Å². The average Bonchev–Trinajstić information content (AvgIpc) is 3.32. The second kappa shape index (κ2) is 22.2. The number of amides is 2. The summed E-state index contributed by atoms with van der Waals surface area (Å²) in [5, 5.41) is 0. The minimum atomic E-state index is -0.0439. The summed E-state index contributed by atoms with van der Waals surface area (Å²) in [6.07, 6.45) is 3.60. The van der Waals surface area contributed by atoms with Gasteiger partial charge < -0.3 is 38.9 Å². The fraction of sp³-hybridized carbons (Fsp3) is 0.423. The molecule has 2 saturated heterocycles. The van der Waals surface area contributed by atoms with Gasteiger partial charge in [0.1, 0.15) is 11.6 Å². The third-order valence-corrected chi connectivity index (χ3v) is 12.2. The molecule has 8 rings (SSSR count). The molecule has 4 aromatic carbocycles. The number of fused-ring (bicyclic) bond motifs is 2. The van der Waals surface area contributed by atoms with Crippen molar-refractivity contribution in [2.75, 3.05) is 114 Å². The smallest absolute Gasteiger partial charge is 0.253 e. The molecule has 14 nitrogen and oxygen atoms in total. The standard InChI is InChI=1S/2C25H31N5O2.2CH4/c2*1-17-7-6-8-20(13-17)29(5)18(2)21-14-19(25(31)28(3)4)15-22-24(21)27-23(16-26-22)30-9-11-32-12-10-30;;/h2*6-8,13-16,18H,9-12H2,1-5H3;2*1H4. The fourth-order valence-corrected chi connectivity index (χ4v) is 8.11. The van der Waals surface area contributed by atoms with Crippen molar-refractivity contribution in [3.8, 4) is 0 Å². The van der Waals surface area contributed by atoms with Gasteiger partial charge in [0.05, 0.1) is 73.0 Å². The molecule has 2 aromatic heterocycles. The molecule has 2 amide bonds. The Kier molecular flexibility index (Phi) is 17.0. The molecular formula is C52H70N10O4. The molecule has 4 heterocycles. The van der Waals surface area contributed by atoms with Gasteiger partial charge in [-0.15, -0.1) is 0 Å². The van der Waals surface area contributed by atoms with Crippen molar-refractivity contribution in [2.45, 2.75) is 54.6 Å². The zero-order valence-electron chi connectivity index (χ0n) is 39.0. The van der Waals surface area contributed by atoms with Crippen molar-refractivity contribution < 1.29 is 19.1 Å². The molecule has 0 saturated carbocycles. The van der Waals surface area contributed by atoms with Gasteiger partial charge in [-0.2, -0.15) is 0 Å². The molecule has 2 aliphatic heterocycles. The molecule has 0 spiro atoms. The number of aromatic nitrogens is 4. The molecule has 6 aromatic rings. The predicted molar refractivity (Wildman–Crippen MR) is 271 cm³/mol. The first-order valence-corrected chi connectivity index (χ1v) is 22.0. The molecule has 14 heteroatoms. The summed E-state index contributed by atoms with van der Waals surface area (Å²) in [4.78, 5) is 57.1. The summed E-state index contributed by atoms with van der Waals surface area (Å²) in [7, 11) is 11.2. The van der Waals surface area contributed by atoms with Crippen molar-refractivity contribution in [3.63, 3.8) is 0 Å². The number of benzene rings is 4. The molecule has 2 aliphatic rings. The molecule has 0 N–H and O–H groups in total. The van der Waals surface area contributed by atoms with Crippen LogP contribution in [0.1, 0.15) is 83.8 Å². The van der Waals surface area contributed by atoms with Crippen molar-refractivity contribution in [3.05, 3.63) is 119 Å². The fourth-order valence-electron chi connectivity index (χ4n) is 8.11. The van der Waals surface area contributed by atoms with Gasteiger partial charge in [-0.1, -0.05) is 39.1 Å². The minimum Gasteiger partial charge on any atom is -0.378 e. The van der Waals surface area contributed by atoms with E-state index in [9.17, 15) is 9.59 Å². The average molecular weight is 899 g/mol. The van der Waals surface area contributed by atoms with Gasteiger partial charge >= 0.3 is 0 Å². The molecule has 352 valence electrons. The van der Waals surface area contributed by atoms with E-state index in [1.807, 2.05) is 24.3 Å². The Hall–Kier alpha value is -6.38. The highest BCUT2D eigenvalue weighted by Gasteiger charge is 2.24. The van der Waals surface area contributed by atoms with Crippen LogP contribution in [0.4, 0.5) is 23.0 Å². The lowest BCUT2D eigenvalue weighted by Crippen LogP contribution is -2.36. The summed E-state index contributed by atoms with van der Waals surface area (Å²) in [5.41, 5.74) is 11.0. The van der Waals surface area contributed by atoms with Gasteiger partial charge in [0, 0.05) is 102 Å². The third kappa shape index (κ3) is 11.3. The molecule has 2 atom stereocenters. The van der Waals surface area contributed by atoms with Crippen LogP contribution in [-0.2, 0) is 9.47 Å². The largest absolute Gasteiger partial charge is 0.378 e. The highest BCUT2D eigenvalue weighted by molar-refractivity contribution is 5.99. The molecule has 2 fully saturated rings. The zero-order chi connectivity index (χ0) is 45.7. The molecular weight excluding hydrogens is 829 g/mol. The van der Waals surface area contributed by atoms with E-state index in [0.29, 0.717) is 37.6 Å². The molecule has 2 unspecified atom stereocenters. The van der Waals surface area contributed by atoms with Gasteiger partial charge in [0.2, 0.25) is 0 Å². The van der Waals surface area contributed by atoms with E-state index in [4.69, 9.17) is 29.4 Å². The lowest BCUT2D eigenvalue weighted by Gasteiger charge is -2.30. The maximum Gasteiger partial charge on any atom is 0.253 e. The van der Waals surface area contributed by atoms with E-state index >= 15 is 0 Å². The SMILES string of the molecule is C.C.Cc1cccc(N(C)C(C)c2cc(C(=O)N(C)C)cc3ncc(N4CCOCC4)nc23)c1.Cc1cccc(N(C)C(C)c2cc(C(=O)N(C)C)cc3ncc(N4CCOCC4)nc23)c1. The number of carbonyl (C=O) groups excluding carboxylic acids is 2. The number of carbonyl (C=O) groups is 2. The first-order chi connectivity index (χ1) is 30.7. The number of rotatable bonds is 10. The predicted octanol–water partition coefficient (Wildman–Crippen LogP) is 8.62. The van der Waals surface area contributed by atoms with Crippen LogP contribution in [0, 0.1) is 13.8 Å². The van der Waals surface area contributed by atoms with Crippen molar-refractivity contribution in [1.29, 1.82) is 0 Å². The number of morpholine rings is 2. The summed E-state index contributed by atoms with van der Waals surface area (Å²) in [6, 6.07) is 24.5. The van der Waals surface area contributed by atoms with E-state index in [1.54, 1.807) is 50.4 Å². The maximum atomic E-state index is 12.8. The van der Waals surface area contributed by atoms with Crippen molar-refractivity contribution in [1.82, 2.24) is 29.7 Å². The maximum absolute atomic E-state index is 12.8. The highest BCUT2D eigenvalue weighted by atomic mass is 16.5. The first-order valence-electron chi connectivity index (χ1n) is 22.0. The Morgan fingerprint density at radius 1 is 0.561 bits per heavy atom. The van der Waals surface area contributed by atoms with Crippen LogP contribution < -0.4 is 19.6 Å². The van der Waals surface area contributed by atoms with Crippen LogP contribution in [0.15, 0.2) is 85.2 Å². The van der Waals surface area contributed by atoms with Gasteiger partial charge in [-0.3, -0.25) is 19.6 Å². The summed E-state index contributed by atoms with van der Waals surface area (Å²) in [6.45, 7) is 14.4. The normalized spacial score (nSPS) is 14.5. The molecule has 0 radical (unpaired) electrons. The Balaban J connectivity index is 0.000000240. The number of hydrogen-bond donors (Lipinski definition) is 0. The highest BCUT2D eigenvalue weighted by Crippen LogP contribution is 2.34. The topological polar surface area (TPSA) is 124 Å². The quantitative estimate of drug-likeness (QED) is 0.131. The number of nitrogens with zero attached hydrogens (tertiary/aromatic N) is 10. The summed E-state index contributed by atoms with van der Waals surface area (Å²) >= 11 is 0. The lowest BCUT2D eigenvalue weighted by atomic mass is 10.00. The summed E-state index contributed by atoms with van der Waals surface area (Å²) in [5.74, 6) is 1.61. The second-order valence-electron chi connectivity index (χ2n) is 17.2. The molecule has 66 heavy (non-hydrogen) atoms.